The van der Waals surface area contributed by atoms with Crippen LogP contribution in [0, 0.1) is 5.92 Å². The molecule has 0 radical (unpaired) electrons. The van der Waals surface area contributed by atoms with Crippen LogP contribution in [-0.4, -0.2) is 39.1 Å². The highest BCUT2D eigenvalue weighted by atomic mass is 32.2. The number of rotatable bonds is 6. The molecule has 0 aliphatic carbocycles. The van der Waals surface area contributed by atoms with Crippen molar-refractivity contribution in [3.8, 4) is 11.4 Å². The molecule has 164 valence electrons. The summed E-state index contributed by atoms with van der Waals surface area (Å²) in [5.41, 5.74) is 1.44. The fourth-order valence-corrected chi connectivity index (χ4v) is 5.61. The molecule has 0 amide bonds. The van der Waals surface area contributed by atoms with Gasteiger partial charge in [0.15, 0.2) is 5.16 Å². The average Bonchev–Trinajstić information content (AvgIpc) is 3.11. The Bertz CT molecular complexity index is 1180. The summed E-state index contributed by atoms with van der Waals surface area (Å²) >= 11 is 2.52. The van der Waals surface area contributed by atoms with Gasteiger partial charge < -0.3 is 14.6 Å². The van der Waals surface area contributed by atoms with E-state index in [2.05, 4.69) is 13.8 Å². The second-order valence-corrected chi connectivity index (χ2v) is 10.2. The molecule has 7 nitrogen and oxygen atoms in total. The second-order valence-electron chi connectivity index (χ2n) is 7.81. The number of carboxylic acids is 1. The van der Waals surface area contributed by atoms with Crippen molar-refractivity contribution in [1.29, 1.82) is 0 Å². The lowest BCUT2D eigenvalue weighted by atomic mass is 9.96. The van der Waals surface area contributed by atoms with Crippen LogP contribution in [0.2, 0.25) is 0 Å². The van der Waals surface area contributed by atoms with Crippen molar-refractivity contribution >= 4 is 39.3 Å². The highest BCUT2D eigenvalue weighted by molar-refractivity contribution is 8.00. The zero-order valence-corrected chi connectivity index (χ0v) is 19.4. The number of benzene rings is 1. The molecule has 0 saturated heterocycles. The van der Waals surface area contributed by atoms with Crippen LogP contribution in [0.1, 0.15) is 31.2 Å². The smallest absolute Gasteiger partial charge is 0.316 e. The van der Waals surface area contributed by atoms with E-state index in [1.165, 1.54) is 15.9 Å². The molecule has 0 bridgehead atoms. The highest BCUT2D eigenvalue weighted by Gasteiger charge is 2.29. The Hall–Kier alpha value is -2.36. The van der Waals surface area contributed by atoms with Crippen molar-refractivity contribution in [2.75, 3.05) is 7.11 Å². The fraction of sp³-hybridized carbons (Fsp3) is 0.409. The maximum Gasteiger partial charge on any atom is 0.316 e. The van der Waals surface area contributed by atoms with Crippen LogP contribution in [-0.2, 0) is 22.6 Å². The molecule has 4 rings (SSSR count). The van der Waals surface area contributed by atoms with E-state index in [4.69, 9.17) is 14.5 Å². The summed E-state index contributed by atoms with van der Waals surface area (Å²) in [5, 5.41) is 9.62. The zero-order chi connectivity index (χ0) is 22.3. The number of fused-ring (bicyclic) bond motifs is 3. The van der Waals surface area contributed by atoms with Crippen LogP contribution in [0.15, 0.2) is 34.2 Å². The first-order chi connectivity index (χ1) is 14.8. The number of ether oxygens (including phenoxy) is 2. The molecule has 2 atom stereocenters. The standard InChI is InChI=1S/C22H24N2O5S2/c1-11(2)16-9-15-17(10-29-16)31-19-18(15)20(25)24(13-5-7-14(28-4)8-6-13)22(23-19)30-12(3)21(26)27/h5-8,11-12,16H,9-10H2,1-4H3,(H,26,27)/t12-,16-/m1/s1. The predicted octanol–water partition coefficient (Wildman–Crippen LogP) is 4.12. The third-order valence-corrected chi connectivity index (χ3v) is 7.55. The van der Waals surface area contributed by atoms with Crippen molar-refractivity contribution in [1.82, 2.24) is 9.55 Å². The number of hydrogen-bond donors (Lipinski definition) is 1. The van der Waals surface area contributed by atoms with E-state index in [9.17, 15) is 14.7 Å². The summed E-state index contributed by atoms with van der Waals surface area (Å²) in [6.45, 7) is 6.28. The van der Waals surface area contributed by atoms with Gasteiger partial charge in [-0.05, 0) is 42.7 Å². The molecule has 2 aromatic heterocycles. The van der Waals surface area contributed by atoms with Crippen LogP contribution in [0.5, 0.6) is 5.75 Å². The van der Waals surface area contributed by atoms with E-state index in [-0.39, 0.29) is 11.7 Å². The van der Waals surface area contributed by atoms with E-state index < -0.39 is 11.2 Å². The summed E-state index contributed by atoms with van der Waals surface area (Å²) in [5.74, 6) is 0.0502. The first-order valence-corrected chi connectivity index (χ1v) is 11.7. The Labute approximate surface area is 188 Å². The molecule has 9 heteroatoms. The van der Waals surface area contributed by atoms with Crippen molar-refractivity contribution in [2.24, 2.45) is 5.92 Å². The third kappa shape index (κ3) is 4.09. The Kier molecular flexibility index (Phi) is 6.09. The first kappa shape index (κ1) is 21.9. The number of hydrogen-bond acceptors (Lipinski definition) is 7. The lowest BCUT2D eigenvalue weighted by molar-refractivity contribution is -0.136. The number of thioether (sulfide) groups is 1. The second kappa shape index (κ2) is 8.64. The van der Waals surface area contributed by atoms with Crippen LogP contribution >= 0.6 is 23.1 Å². The molecular formula is C22H24N2O5S2. The van der Waals surface area contributed by atoms with E-state index in [1.54, 1.807) is 38.3 Å². The average molecular weight is 461 g/mol. The molecule has 1 aliphatic rings. The van der Waals surface area contributed by atoms with Crippen LogP contribution in [0.3, 0.4) is 0 Å². The Balaban J connectivity index is 1.93. The molecule has 0 spiro atoms. The zero-order valence-electron chi connectivity index (χ0n) is 17.7. The maximum absolute atomic E-state index is 13.8. The summed E-state index contributed by atoms with van der Waals surface area (Å²) in [7, 11) is 1.58. The summed E-state index contributed by atoms with van der Waals surface area (Å²) < 4.78 is 12.7. The van der Waals surface area contributed by atoms with Gasteiger partial charge in [0.05, 0.1) is 30.9 Å². The van der Waals surface area contributed by atoms with Crippen molar-refractivity contribution < 1.29 is 19.4 Å². The normalized spacial score (nSPS) is 17.0. The number of aliphatic carboxylic acids is 1. The number of thiophene rings is 1. The third-order valence-electron chi connectivity index (χ3n) is 5.42. The maximum atomic E-state index is 13.8. The molecule has 1 N–H and O–H groups in total. The lowest BCUT2D eigenvalue weighted by Gasteiger charge is -2.26. The number of methoxy groups -OCH3 is 1. The number of carbonyl (C=O) groups is 1. The quantitative estimate of drug-likeness (QED) is 0.437. The van der Waals surface area contributed by atoms with E-state index in [0.29, 0.717) is 45.8 Å². The molecule has 1 aromatic carbocycles. The summed E-state index contributed by atoms with van der Waals surface area (Å²) in [4.78, 5) is 31.6. The summed E-state index contributed by atoms with van der Waals surface area (Å²) in [6, 6.07) is 7.10. The van der Waals surface area contributed by atoms with E-state index >= 15 is 0 Å². The summed E-state index contributed by atoms with van der Waals surface area (Å²) in [6.07, 6.45) is 0.727. The van der Waals surface area contributed by atoms with E-state index in [0.717, 1.165) is 22.2 Å². The Morgan fingerprint density at radius 3 is 2.65 bits per heavy atom. The number of carboxylic acid groups (broad SMARTS) is 1. The van der Waals surface area contributed by atoms with E-state index in [1.807, 2.05) is 0 Å². The molecule has 3 aromatic rings. The Morgan fingerprint density at radius 2 is 2.03 bits per heavy atom. The molecule has 0 fully saturated rings. The molecule has 1 aliphatic heterocycles. The van der Waals surface area contributed by atoms with Gasteiger partial charge in [-0.2, -0.15) is 0 Å². The largest absolute Gasteiger partial charge is 0.497 e. The van der Waals surface area contributed by atoms with Gasteiger partial charge in [-0.3, -0.25) is 14.2 Å². The van der Waals surface area contributed by atoms with Gasteiger partial charge in [-0.1, -0.05) is 25.6 Å². The highest BCUT2D eigenvalue weighted by Crippen LogP contribution is 2.36. The molecule has 0 saturated carbocycles. The SMILES string of the molecule is COc1ccc(-n2c(S[C@H](C)C(=O)O)nc3sc4c(c3c2=O)C[C@H](C(C)C)OC4)cc1. The minimum Gasteiger partial charge on any atom is -0.497 e. The van der Waals surface area contributed by atoms with Crippen LogP contribution < -0.4 is 10.3 Å². The van der Waals surface area contributed by atoms with Gasteiger partial charge in [0.1, 0.15) is 15.8 Å². The Morgan fingerprint density at radius 1 is 1.32 bits per heavy atom. The van der Waals surface area contributed by atoms with Gasteiger partial charge in [0, 0.05) is 11.3 Å². The topological polar surface area (TPSA) is 90.6 Å². The van der Waals surface area contributed by atoms with Crippen molar-refractivity contribution in [3.63, 3.8) is 0 Å². The molecule has 31 heavy (non-hydrogen) atoms. The lowest BCUT2D eigenvalue weighted by Crippen LogP contribution is -2.28. The predicted molar refractivity (Wildman–Crippen MR) is 122 cm³/mol. The van der Waals surface area contributed by atoms with Gasteiger partial charge >= 0.3 is 5.97 Å². The fourth-order valence-electron chi connectivity index (χ4n) is 3.58. The van der Waals surface area contributed by atoms with Gasteiger partial charge in [0.2, 0.25) is 0 Å². The van der Waals surface area contributed by atoms with Gasteiger partial charge in [0.25, 0.3) is 5.56 Å². The van der Waals surface area contributed by atoms with Gasteiger partial charge in [-0.25, -0.2) is 4.98 Å². The molecular weight excluding hydrogens is 436 g/mol. The number of nitrogens with zero attached hydrogens (tertiary/aromatic N) is 2. The number of aromatic nitrogens is 2. The monoisotopic (exact) mass is 460 g/mol. The molecule has 3 heterocycles. The minimum absolute atomic E-state index is 0.0558. The van der Waals surface area contributed by atoms with Gasteiger partial charge in [-0.15, -0.1) is 11.3 Å². The van der Waals surface area contributed by atoms with Crippen LogP contribution in [0.4, 0.5) is 0 Å². The van der Waals surface area contributed by atoms with Crippen molar-refractivity contribution in [2.45, 2.75) is 50.3 Å². The van der Waals surface area contributed by atoms with Crippen LogP contribution in [0.25, 0.3) is 15.9 Å². The first-order valence-electron chi connectivity index (χ1n) is 10.0. The van der Waals surface area contributed by atoms with Crippen molar-refractivity contribution in [3.05, 3.63) is 45.1 Å². The minimum atomic E-state index is -0.959. The molecule has 0 unspecified atom stereocenters.